The molecule has 18 heavy (non-hydrogen) atoms. The molecule has 1 aromatic rings. The van der Waals surface area contributed by atoms with Gasteiger partial charge < -0.3 is 9.67 Å². The molecule has 0 atom stereocenters. The second-order valence-electron chi connectivity index (χ2n) is 3.44. The van der Waals surface area contributed by atoms with Crippen molar-refractivity contribution in [1.29, 1.82) is 0 Å². The summed E-state index contributed by atoms with van der Waals surface area (Å²) >= 11 is -0.247. The van der Waals surface area contributed by atoms with Crippen LogP contribution in [-0.4, -0.2) is 26.9 Å². The third-order valence-corrected chi connectivity index (χ3v) is 2.92. The molecular weight excluding hydrogens is 271 g/mol. The summed E-state index contributed by atoms with van der Waals surface area (Å²) in [6.45, 7) is 1.35. The first kappa shape index (κ1) is 14.6. The van der Waals surface area contributed by atoms with E-state index in [9.17, 15) is 22.8 Å². The molecule has 0 bridgehead atoms. The number of pyridine rings is 1. The molecule has 1 aromatic heterocycles. The lowest BCUT2D eigenvalue weighted by atomic mass is 10.2. The van der Waals surface area contributed by atoms with Gasteiger partial charge in [-0.15, -0.1) is 0 Å². The molecule has 0 radical (unpaired) electrons. The Labute approximate surface area is 104 Å². The first-order chi connectivity index (χ1) is 8.22. The number of carboxylic acids is 1. The van der Waals surface area contributed by atoms with Crippen LogP contribution in [-0.2, 0) is 6.54 Å². The predicted octanol–water partition coefficient (Wildman–Crippen LogP) is 2.11. The summed E-state index contributed by atoms with van der Waals surface area (Å²) in [7, 11) is 0. The summed E-state index contributed by atoms with van der Waals surface area (Å²) in [5.74, 6) is -1.73. The molecular formula is C10H10F3NO3S. The monoisotopic (exact) mass is 281 g/mol. The number of nitrogens with zero attached hydrogens (tertiary/aromatic N) is 1. The number of hydrogen-bond donors (Lipinski definition) is 1. The van der Waals surface area contributed by atoms with E-state index < -0.39 is 22.6 Å². The van der Waals surface area contributed by atoms with Crippen LogP contribution in [0.3, 0.4) is 0 Å². The van der Waals surface area contributed by atoms with Crippen molar-refractivity contribution in [3.8, 4) is 0 Å². The van der Waals surface area contributed by atoms with Crippen LogP contribution in [0.5, 0.6) is 0 Å². The summed E-state index contributed by atoms with van der Waals surface area (Å²) in [4.78, 5) is 22.4. The van der Waals surface area contributed by atoms with E-state index in [0.29, 0.717) is 5.69 Å². The average molecular weight is 281 g/mol. The fourth-order valence-corrected chi connectivity index (χ4v) is 1.87. The maximum Gasteiger partial charge on any atom is 0.441 e. The number of thioether (sulfide) groups is 1. The first-order valence-electron chi connectivity index (χ1n) is 4.87. The number of aromatic nitrogens is 1. The average Bonchev–Trinajstić information content (AvgIpc) is 2.20. The summed E-state index contributed by atoms with van der Waals surface area (Å²) in [5, 5.41) is 8.74. The predicted molar refractivity (Wildman–Crippen MR) is 60.9 cm³/mol. The van der Waals surface area contributed by atoms with Gasteiger partial charge in [0.2, 0.25) is 0 Å². The number of carbonyl (C=O) groups is 1. The van der Waals surface area contributed by atoms with Crippen molar-refractivity contribution < 1.29 is 23.1 Å². The fourth-order valence-electron chi connectivity index (χ4n) is 1.36. The SMILES string of the molecule is Cc1ccc(C(=O)O)c(=O)n1CCSC(F)(F)F. The van der Waals surface area contributed by atoms with Crippen LogP contribution in [0.1, 0.15) is 16.1 Å². The number of alkyl halides is 3. The van der Waals surface area contributed by atoms with Crippen LogP contribution in [0.25, 0.3) is 0 Å². The molecule has 0 aliphatic carbocycles. The Morgan fingerprint density at radius 1 is 1.44 bits per heavy atom. The summed E-state index contributed by atoms with van der Waals surface area (Å²) in [6, 6.07) is 2.54. The van der Waals surface area contributed by atoms with E-state index in [4.69, 9.17) is 5.11 Å². The first-order valence-corrected chi connectivity index (χ1v) is 5.85. The van der Waals surface area contributed by atoms with Gasteiger partial charge in [0.15, 0.2) is 0 Å². The van der Waals surface area contributed by atoms with Crippen LogP contribution in [0, 0.1) is 6.92 Å². The molecule has 1 heterocycles. The van der Waals surface area contributed by atoms with Gasteiger partial charge in [-0.25, -0.2) is 4.79 Å². The van der Waals surface area contributed by atoms with E-state index in [1.807, 2.05) is 0 Å². The number of hydrogen-bond acceptors (Lipinski definition) is 3. The minimum atomic E-state index is -4.36. The third-order valence-electron chi connectivity index (χ3n) is 2.20. The molecule has 0 aromatic carbocycles. The molecule has 0 unspecified atom stereocenters. The van der Waals surface area contributed by atoms with Gasteiger partial charge in [0.05, 0.1) is 0 Å². The van der Waals surface area contributed by atoms with Crippen molar-refractivity contribution in [3.05, 3.63) is 33.7 Å². The van der Waals surface area contributed by atoms with Crippen LogP contribution in [0.4, 0.5) is 13.2 Å². The number of halogens is 3. The van der Waals surface area contributed by atoms with E-state index in [2.05, 4.69) is 0 Å². The molecule has 1 N–H and O–H groups in total. The molecule has 4 nitrogen and oxygen atoms in total. The van der Waals surface area contributed by atoms with E-state index in [1.165, 1.54) is 13.0 Å². The van der Waals surface area contributed by atoms with Gasteiger partial charge in [-0.1, -0.05) is 0 Å². The quantitative estimate of drug-likeness (QED) is 0.918. The molecule has 0 aliphatic rings. The maximum atomic E-state index is 11.9. The zero-order valence-corrected chi connectivity index (χ0v) is 10.1. The minimum Gasteiger partial charge on any atom is -0.477 e. The zero-order valence-electron chi connectivity index (χ0n) is 9.32. The Bertz CT molecular complexity index is 510. The number of rotatable bonds is 4. The normalized spacial score (nSPS) is 11.6. The van der Waals surface area contributed by atoms with E-state index >= 15 is 0 Å². The summed E-state index contributed by atoms with van der Waals surface area (Å²) in [6.07, 6.45) is 0. The molecule has 0 saturated heterocycles. The Morgan fingerprint density at radius 2 is 2.06 bits per heavy atom. The molecule has 1 rings (SSSR count). The smallest absolute Gasteiger partial charge is 0.441 e. The van der Waals surface area contributed by atoms with E-state index in [-0.39, 0.29) is 24.1 Å². The highest BCUT2D eigenvalue weighted by molar-refractivity contribution is 8.00. The Hall–Kier alpha value is -1.44. The Balaban J connectivity index is 2.92. The molecule has 0 amide bonds. The lowest BCUT2D eigenvalue weighted by molar-refractivity contribution is -0.0328. The Morgan fingerprint density at radius 3 is 2.56 bits per heavy atom. The van der Waals surface area contributed by atoms with E-state index in [0.717, 1.165) is 10.6 Å². The van der Waals surface area contributed by atoms with E-state index in [1.54, 1.807) is 0 Å². The number of aryl methyl sites for hydroxylation is 1. The molecule has 0 fully saturated rings. The van der Waals surface area contributed by atoms with Gasteiger partial charge in [-0.3, -0.25) is 4.79 Å². The van der Waals surface area contributed by atoms with Crippen molar-refractivity contribution in [2.45, 2.75) is 19.0 Å². The molecule has 0 aliphatic heterocycles. The minimum absolute atomic E-state index is 0.185. The van der Waals surface area contributed by atoms with Crippen molar-refractivity contribution in [3.63, 3.8) is 0 Å². The van der Waals surface area contributed by atoms with Crippen LogP contribution < -0.4 is 5.56 Å². The number of aromatic carboxylic acids is 1. The second-order valence-corrected chi connectivity index (χ2v) is 4.60. The van der Waals surface area contributed by atoms with Gasteiger partial charge in [0.25, 0.3) is 5.56 Å². The van der Waals surface area contributed by atoms with Crippen LogP contribution in [0.15, 0.2) is 16.9 Å². The molecule has 0 spiro atoms. The van der Waals surface area contributed by atoms with Crippen molar-refractivity contribution >= 4 is 17.7 Å². The van der Waals surface area contributed by atoms with Gasteiger partial charge in [-0.2, -0.15) is 13.2 Å². The molecule has 8 heteroatoms. The Kier molecular flexibility index (Phi) is 4.44. The lowest BCUT2D eigenvalue weighted by Crippen LogP contribution is -2.28. The fraction of sp³-hybridized carbons (Fsp3) is 0.400. The second kappa shape index (κ2) is 5.47. The summed E-state index contributed by atoms with van der Waals surface area (Å²) in [5.41, 5.74) is -5.17. The van der Waals surface area contributed by atoms with Gasteiger partial charge in [0, 0.05) is 18.0 Å². The highest BCUT2D eigenvalue weighted by Crippen LogP contribution is 2.29. The standard InChI is InChI=1S/C10H10F3NO3S/c1-6-2-3-7(9(16)17)8(15)14(6)4-5-18-10(11,12)13/h2-3H,4-5H2,1H3,(H,16,17). The van der Waals surface area contributed by atoms with Crippen molar-refractivity contribution in [1.82, 2.24) is 4.57 Å². The highest BCUT2D eigenvalue weighted by atomic mass is 32.2. The summed E-state index contributed by atoms with van der Waals surface area (Å²) < 4.78 is 36.9. The van der Waals surface area contributed by atoms with Crippen molar-refractivity contribution in [2.75, 3.05) is 5.75 Å². The molecule has 100 valence electrons. The van der Waals surface area contributed by atoms with Crippen molar-refractivity contribution in [2.24, 2.45) is 0 Å². The van der Waals surface area contributed by atoms with Crippen LogP contribution in [0.2, 0.25) is 0 Å². The van der Waals surface area contributed by atoms with Gasteiger partial charge in [-0.05, 0) is 30.8 Å². The number of carboxylic acid groups (broad SMARTS) is 1. The molecule has 0 saturated carbocycles. The topological polar surface area (TPSA) is 59.3 Å². The lowest BCUT2D eigenvalue weighted by Gasteiger charge is -2.11. The van der Waals surface area contributed by atoms with Crippen LogP contribution >= 0.6 is 11.8 Å². The highest BCUT2D eigenvalue weighted by Gasteiger charge is 2.27. The largest absolute Gasteiger partial charge is 0.477 e. The maximum absolute atomic E-state index is 11.9. The van der Waals surface area contributed by atoms with Gasteiger partial charge in [0.1, 0.15) is 5.56 Å². The van der Waals surface area contributed by atoms with Gasteiger partial charge >= 0.3 is 11.5 Å². The third kappa shape index (κ3) is 3.80. The zero-order chi connectivity index (χ0) is 13.9.